The number of carboxylic acid groups (broad SMARTS) is 1. The van der Waals surface area contributed by atoms with Crippen LogP contribution in [0.15, 0.2) is 24.3 Å². The predicted molar refractivity (Wildman–Crippen MR) is 105 cm³/mol. The first-order chi connectivity index (χ1) is 13.4. The van der Waals surface area contributed by atoms with E-state index in [0.29, 0.717) is 12.5 Å². The lowest BCUT2D eigenvalue weighted by Crippen LogP contribution is -2.57. The Balaban J connectivity index is 1.35. The number of likely N-dealkylation sites (N-methyl/N-ethyl adjacent to an activating group) is 1. The van der Waals surface area contributed by atoms with Crippen LogP contribution in [0.1, 0.15) is 56.9 Å². The van der Waals surface area contributed by atoms with Crippen molar-refractivity contribution in [1.29, 1.82) is 0 Å². The van der Waals surface area contributed by atoms with Crippen molar-refractivity contribution in [2.45, 2.75) is 69.5 Å². The van der Waals surface area contributed by atoms with Gasteiger partial charge >= 0.3 is 12.0 Å². The highest BCUT2D eigenvalue weighted by Gasteiger charge is 2.35. The molecule has 3 N–H and O–H groups in total. The summed E-state index contributed by atoms with van der Waals surface area (Å²) in [5, 5.41) is 15.0. The second kappa shape index (κ2) is 9.37. The molecule has 28 heavy (non-hydrogen) atoms. The van der Waals surface area contributed by atoms with Gasteiger partial charge in [0.25, 0.3) is 0 Å². The summed E-state index contributed by atoms with van der Waals surface area (Å²) in [6.45, 7) is 2.71. The minimum Gasteiger partial charge on any atom is -0.480 e. The first kappa shape index (κ1) is 20.6. The number of benzene rings is 1. The lowest BCUT2D eigenvalue weighted by molar-refractivity contribution is -0.139. The average Bonchev–Trinajstić information content (AvgIpc) is 2.64. The number of carbonyl (C=O) groups excluding carboxylic acids is 1. The molecule has 0 radical (unpaired) electrons. The fourth-order valence-corrected chi connectivity index (χ4v) is 4.40. The summed E-state index contributed by atoms with van der Waals surface area (Å²) in [6, 6.07) is 7.13. The van der Waals surface area contributed by atoms with Crippen molar-refractivity contribution in [1.82, 2.24) is 15.5 Å². The number of nitrogens with zero attached hydrogens (tertiary/aromatic N) is 1. The van der Waals surface area contributed by atoms with E-state index in [1.165, 1.54) is 17.7 Å². The number of rotatable bonds is 7. The SMILES string of the molecule is CCN(CC(=O)O)C1CC(NC(=O)NC2CCC(c3ccc(F)cc3)CC2)C1. The van der Waals surface area contributed by atoms with Gasteiger partial charge in [-0.1, -0.05) is 19.1 Å². The maximum absolute atomic E-state index is 13.1. The van der Waals surface area contributed by atoms with Crippen molar-refractivity contribution < 1.29 is 19.1 Å². The third-order valence-corrected chi connectivity index (χ3v) is 6.11. The summed E-state index contributed by atoms with van der Waals surface area (Å²) >= 11 is 0. The van der Waals surface area contributed by atoms with Crippen LogP contribution in [0.25, 0.3) is 0 Å². The van der Waals surface area contributed by atoms with Crippen LogP contribution in [0, 0.1) is 5.82 Å². The summed E-state index contributed by atoms with van der Waals surface area (Å²) in [7, 11) is 0. The summed E-state index contributed by atoms with van der Waals surface area (Å²) in [5.74, 6) is -0.588. The van der Waals surface area contributed by atoms with E-state index in [-0.39, 0.29) is 36.5 Å². The number of halogens is 1. The van der Waals surface area contributed by atoms with E-state index in [2.05, 4.69) is 10.6 Å². The van der Waals surface area contributed by atoms with Crippen LogP contribution < -0.4 is 10.6 Å². The first-order valence-corrected chi connectivity index (χ1v) is 10.2. The van der Waals surface area contributed by atoms with E-state index in [4.69, 9.17) is 5.11 Å². The molecule has 0 heterocycles. The number of hydrogen-bond donors (Lipinski definition) is 3. The van der Waals surface area contributed by atoms with E-state index in [9.17, 15) is 14.0 Å². The highest BCUT2D eigenvalue weighted by atomic mass is 19.1. The Morgan fingerprint density at radius 1 is 1.07 bits per heavy atom. The first-order valence-electron chi connectivity index (χ1n) is 10.2. The molecule has 2 saturated carbocycles. The number of hydrogen-bond acceptors (Lipinski definition) is 3. The summed E-state index contributed by atoms with van der Waals surface area (Å²) in [6.07, 6.45) is 5.42. The quantitative estimate of drug-likeness (QED) is 0.667. The number of carboxylic acids is 1. The smallest absolute Gasteiger partial charge is 0.317 e. The van der Waals surface area contributed by atoms with Gasteiger partial charge in [0.15, 0.2) is 0 Å². The number of amides is 2. The van der Waals surface area contributed by atoms with Gasteiger partial charge in [0.1, 0.15) is 5.82 Å². The third-order valence-electron chi connectivity index (χ3n) is 6.11. The molecule has 7 heteroatoms. The Hall–Kier alpha value is -2.15. The fraction of sp³-hybridized carbons (Fsp3) is 0.619. The maximum atomic E-state index is 13.1. The Morgan fingerprint density at radius 3 is 2.25 bits per heavy atom. The van der Waals surface area contributed by atoms with Crippen LogP contribution in [0.2, 0.25) is 0 Å². The summed E-state index contributed by atoms with van der Waals surface area (Å²) in [4.78, 5) is 25.1. The molecule has 2 fully saturated rings. The average molecular weight is 391 g/mol. The van der Waals surface area contributed by atoms with E-state index in [0.717, 1.165) is 38.5 Å². The monoisotopic (exact) mass is 391 g/mol. The largest absolute Gasteiger partial charge is 0.480 e. The predicted octanol–water partition coefficient (Wildman–Crippen LogP) is 3.09. The van der Waals surface area contributed by atoms with Crippen molar-refractivity contribution in [2.24, 2.45) is 0 Å². The van der Waals surface area contributed by atoms with E-state index >= 15 is 0 Å². The molecule has 3 rings (SSSR count). The van der Waals surface area contributed by atoms with Gasteiger partial charge in [-0.2, -0.15) is 0 Å². The van der Waals surface area contributed by atoms with Crippen LogP contribution in [-0.2, 0) is 4.79 Å². The van der Waals surface area contributed by atoms with Crippen LogP contribution in [0.4, 0.5) is 9.18 Å². The van der Waals surface area contributed by atoms with Crippen LogP contribution >= 0.6 is 0 Å². The van der Waals surface area contributed by atoms with E-state index in [1.807, 2.05) is 24.0 Å². The second-order valence-corrected chi connectivity index (χ2v) is 8.00. The number of carbonyl (C=O) groups is 2. The molecule has 2 amide bonds. The molecule has 6 nitrogen and oxygen atoms in total. The Kier molecular flexibility index (Phi) is 6.88. The molecule has 1 aromatic carbocycles. The highest BCUT2D eigenvalue weighted by molar-refractivity contribution is 5.74. The topological polar surface area (TPSA) is 81.7 Å². The molecule has 2 aliphatic rings. The van der Waals surface area contributed by atoms with Gasteiger partial charge in [-0.3, -0.25) is 9.69 Å². The molecule has 0 atom stereocenters. The van der Waals surface area contributed by atoms with E-state index < -0.39 is 5.97 Å². The highest BCUT2D eigenvalue weighted by Crippen LogP contribution is 2.33. The Labute approximate surface area is 165 Å². The Bertz CT molecular complexity index is 668. The van der Waals surface area contributed by atoms with Gasteiger partial charge in [-0.05, 0) is 68.7 Å². The molecule has 0 unspecified atom stereocenters. The summed E-state index contributed by atoms with van der Waals surface area (Å²) < 4.78 is 13.1. The number of aliphatic carboxylic acids is 1. The third kappa shape index (κ3) is 5.44. The van der Waals surface area contributed by atoms with Crippen molar-refractivity contribution in [3.8, 4) is 0 Å². The van der Waals surface area contributed by atoms with E-state index in [1.54, 1.807) is 0 Å². The minimum atomic E-state index is -0.813. The lowest BCUT2D eigenvalue weighted by atomic mass is 9.82. The molecule has 0 saturated heterocycles. The summed E-state index contributed by atoms with van der Waals surface area (Å²) in [5.41, 5.74) is 1.17. The number of nitrogens with one attached hydrogen (secondary N) is 2. The minimum absolute atomic E-state index is 0.0530. The van der Waals surface area contributed by atoms with Crippen LogP contribution in [0.3, 0.4) is 0 Å². The van der Waals surface area contributed by atoms with Gasteiger partial charge < -0.3 is 15.7 Å². The zero-order chi connectivity index (χ0) is 20.1. The lowest BCUT2D eigenvalue weighted by Gasteiger charge is -2.42. The Morgan fingerprint density at radius 2 is 1.68 bits per heavy atom. The van der Waals surface area contributed by atoms with Crippen molar-refractivity contribution in [3.63, 3.8) is 0 Å². The zero-order valence-electron chi connectivity index (χ0n) is 16.4. The molecule has 0 spiro atoms. The second-order valence-electron chi connectivity index (χ2n) is 8.00. The van der Waals surface area contributed by atoms with Crippen molar-refractivity contribution >= 4 is 12.0 Å². The van der Waals surface area contributed by atoms with Crippen molar-refractivity contribution in [3.05, 3.63) is 35.6 Å². The molecule has 154 valence electrons. The maximum Gasteiger partial charge on any atom is 0.317 e. The fourth-order valence-electron chi connectivity index (χ4n) is 4.40. The number of urea groups is 1. The van der Waals surface area contributed by atoms with Crippen molar-refractivity contribution in [2.75, 3.05) is 13.1 Å². The molecule has 0 aromatic heterocycles. The standard InChI is InChI=1S/C21H30FN3O3/c1-2-25(13-20(26)27)19-11-18(12-19)24-21(28)23-17-9-5-15(6-10-17)14-3-7-16(22)8-4-14/h3-4,7-8,15,17-19H,2,5-6,9-13H2,1H3,(H,26,27)(H2,23,24,28). The molecule has 0 aliphatic heterocycles. The molecule has 2 aliphatic carbocycles. The van der Waals surface area contributed by atoms with Crippen LogP contribution in [0.5, 0.6) is 0 Å². The van der Waals surface area contributed by atoms with Gasteiger partial charge in [-0.15, -0.1) is 0 Å². The molecule has 1 aromatic rings. The van der Waals surface area contributed by atoms with Gasteiger partial charge in [0.05, 0.1) is 6.54 Å². The molecular weight excluding hydrogens is 361 g/mol. The van der Waals surface area contributed by atoms with Gasteiger partial charge in [0.2, 0.25) is 0 Å². The van der Waals surface area contributed by atoms with Crippen LogP contribution in [-0.4, -0.2) is 53.2 Å². The van der Waals surface area contributed by atoms with Gasteiger partial charge in [0, 0.05) is 18.1 Å². The zero-order valence-corrected chi connectivity index (χ0v) is 16.4. The normalized spacial score (nSPS) is 27.1. The molecular formula is C21H30FN3O3. The van der Waals surface area contributed by atoms with Gasteiger partial charge in [-0.25, -0.2) is 9.18 Å². The molecule has 0 bridgehead atoms.